The van der Waals surface area contributed by atoms with E-state index in [0.29, 0.717) is 24.3 Å². The van der Waals surface area contributed by atoms with Crippen molar-refractivity contribution in [1.29, 1.82) is 0 Å². The van der Waals surface area contributed by atoms with Gasteiger partial charge in [-0.15, -0.1) is 0 Å². The van der Waals surface area contributed by atoms with Crippen LogP contribution in [0, 0.1) is 20.8 Å². The molecule has 0 bridgehead atoms. The van der Waals surface area contributed by atoms with Gasteiger partial charge in [0, 0.05) is 45.1 Å². The molecule has 0 N–H and O–H groups in total. The number of fused-ring (bicyclic) bond motifs is 5. The van der Waals surface area contributed by atoms with Crippen molar-refractivity contribution < 1.29 is 19.0 Å². The smallest absolute Gasteiger partial charge is 0.193 e. The van der Waals surface area contributed by atoms with E-state index in [9.17, 15) is 4.79 Å². The number of methoxy groups -OCH3 is 1. The highest BCUT2D eigenvalue weighted by Crippen LogP contribution is 2.51. The quantitative estimate of drug-likeness (QED) is 0.0802. The molecule has 6 nitrogen and oxygen atoms in total. The maximum Gasteiger partial charge on any atom is 0.193 e. The van der Waals surface area contributed by atoms with Gasteiger partial charge in [-0.1, -0.05) is 123 Å². The molecule has 11 aromatic rings. The Morgan fingerprint density at radius 1 is 0.442 bits per heavy atom. The van der Waals surface area contributed by atoms with Gasteiger partial charge >= 0.3 is 0 Å². The van der Waals surface area contributed by atoms with E-state index < -0.39 is 0 Å². The molecule has 12 rings (SSSR count). The molecular weight excluding hydrogens is 945 g/mol. The molecule has 0 unspecified atom stereocenters. The molecule has 0 saturated heterocycles. The molecule has 10 aromatic carbocycles. The highest BCUT2D eigenvalue weighted by molar-refractivity contribution is 6.12. The fourth-order valence-corrected chi connectivity index (χ4v) is 11.5. The number of para-hydroxylation sites is 2. The zero-order chi connectivity index (χ0) is 52.8. The monoisotopic (exact) mass is 1000 g/mol. The third-order valence-electron chi connectivity index (χ3n) is 15.5. The number of carbonyl (C=O) groups excluding carboxylic acids is 1. The Morgan fingerprint density at radius 3 is 1.38 bits per heavy atom. The van der Waals surface area contributed by atoms with E-state index in [0.717, 1.165) is 102 Å². The van der Waals surface area contributed by atoms with Crippen molar-refractivity contribution in [2.75, 3.05) is 25.2 Å². The maximum absolute atomic E-state index is 14.3. The fourth-order valence-electron chi connectivity index (χ4n) is 11.5. The number of rotatable bonds is 14. The van der Waals surface area contributed by atoms with E-state index in [-0.39, 0.29) is 11.2 Å². The van der Waals surface area contributed by atoms with Crippen LogP contribution in [0.3, 0.4) is 0 Å². The summed E-state index contributed by atoms with van der Waals surface area (Å²) in [7, 11) is 1.70. The largest absolute Gasteiger partial charge is 0.497 e. The van der Waals surface area contributed by atoms with Crippen molar-refractivity contribution in [2.24, 2.45) is 0 Å². The number of carbonyl (C=O) groups is 1. The number of hydrogen-bond donors (Lipinski definition) is 0. The number of ketones is 1. The second-order valence-electron chi connectivity index (χ2n) is 20.8. The number of ether oxygens (including phenoxy) is 3. The first kappa shape index (κ1) is 48.8. The minimum Gasteiger partial charge on any atom is -0.497 e. The molecular formula is C71H60N2O4. The van der Waals surface area contributed by atoms with Crippen molar-refractivity contribution in [2.45, 2.75) is 46.5 Å². The van der Waals surface area contributed by atoms with E-state index >= 15 is 0 Å². The lowest BCUT2D eigenvalue weighted by atomic mass is 9.73. The lowest BCUT2D eigenvalue weighted by molar-refractivity contribution is 0.103. The number of aryl methyl sites for hydroxylation is 3. The van der Waals surface area contributed by atoms with Crippen molar-refractivity contribution >= 4 is 44.7 Å². The van der Waals surface area contributed by atoms with Gasteiger partial charge in [0.1, 0.15) is 17.2 Å². The molecule has 1 aliphatic heterocycles. The topological polar surface area (TPSA) is 52.9 Å². The lowest BCUT2D eigenvalue weighted by Crippen LogP contribution is -2.30. The maximum atomic E-state index is 14.3. The minimum absolute atomic E-state index is 0.0262. The predicted octanol–water partition coefficient (Wildman–Crippen LogP) is 17.9. The second-order valence-corrected chi connectivity index (χ2v) is 20.8. The van der Waals surface area contributed by atoms with Crippen LogP contribution in [0.15, 0.2) is 218 Å². The normalized spacial score (nSPS) is 12.6. The molecule has 77 heavy (non-hydrogen) atoms. The zero-order valence-electron chi connectivity index (χ0n) is 44.4. The van der Waals surface area contributed by atoms with Crippen molar-refractivity contribution in [3.63, 3.8) is 0 Å². The average Bonchev–Trinajstić information content (AvgIpc) is 3.84. The van der Waals surface area contributed by atoms with Gasteiger partial charge in [0.2, 0.25) is 0 Å². The Balaban J connectivity index is 0.816. The van der Waals surface area contributed by atoms with Gasteiger partial charge in [-0.05, 0) is 191 Å². The van der Waals surface area contributed by atoms with Crippen LogP contribution in [-0.4, -0.2) is 30.7 Å². The number of hydrogen-bond acceptors (Lipinski definition) is 5. The number of aromatic nitrogens is 1. The Labute approximate surface area is 451 Å². The van der Waals surface area contributed by atoms with Crippen molar-refractivity contribution in [1.82, 2.24) is 4.57 Å². The zero-order valence-corrected chi connectivity index (χ0v) is 44.4. The highest BCUT2D eigenvalue weighted by Gasteiger charge is 2.36. The summed E-state index contributed by atoms with van der Waals surface area (Å²) in [5.74, 6) is 2.51. The minimum atomic E-state index is -0.150. The summed E-state index contributed by atoms with van der Waals surface area (Å²) < 4.78 is 20.3. The summed E-state index contributed by atoms with van der Waals surface area (Å²) in [6.07, 6.45) is 0.757. The highest BCUT2D eigenvalue weighted by atomic mass is 16.5. The molecule has 0 saturated carbocycles. The molecule has 1 aliphatic rings. The van der Waals surface area contributed by atoms with Gasteiger partial charge < -0.3 is 23.7 Å². The summed E-state index contributed by atoms with van der Waals surface area (Å²) in [6.45, 7) is 12.1. The summed E-state index contributed by atoms with van der Waals surface area (Å²) in [4.78, 5) is 16.6. The SMILES string of the molecule is COc1ccc(-c2ccc3c4ccc(-c5ccc(OCCCOc6ccc(-c7ccccc7)c(C)c6)cc5C)cc4n(-c4ccc(C(=O)c5ccc(N6c7ccccc7C(C)(C)c7ccccc76)cc5)cc4)c3c2)c(C)c1. The Bertz CT molecular complexity index is 3970. The summed E-state index contributed by atoms with van der Waals surface area (Å²) in [6, 6.07) is 76.2. The summed E-state index contributed by atoms with van der Waals surface area (Å²) in [5, 5.41) is 2.29. The second kappa shape index (κ2) is 20.2. The van der Waals surface area contributed by atoms with E-state index in [1.807, 2.05) is 42.5 Å². The van der Waals surface area contributed by atoms with Crippen molar-refractivity contribution in [3.8, 4) is 56.3 Å². The van der Waals surface area contributed by atoms with Gasteiger partial charge in [0.25, 0.3) is 0 Å². The van der Waals surface area contributed by atoms with Gasteiger partial charge in [-0.3, -0.25) is 4.79 Å². The molecule has 0 fully saturated rings. The molecule has 2 heterocycles. The van der Waals surface area contributed by atoms with Crippen LogP contribution in [0.1, 0.15) is 64.0 Å². The number of anilines is 3. The van der Waals surface area contributed by atoms with Gasteiger partial charge in [0.15, 0.2) is 5.78 Å². The lowest BCUT2D eigenvalue weighted by Gasteiger charge is -2.42. The first-order valence-electron chi connectivity index (χ1n) is 26.5. The molecule has 0 amide bonds. The average molecular weight is 1010 g/mol. The van der Waals surface area contributed by atoms with Crippen LogP contribution < -0.4 is 19.1 Å². The van der Waals surface area contributed by atoms with E-state index in [1.54, 1.807) is 7.11 Å². The first-order valence-corrected chi connectivity index (χ1v) is 26.5. The van der Waals surface area contributed by atoms with Crippen LogP contribution in [-0.2, 0) is 5.41 Å². The number of benzene rings is 10. The van der Waals surface area contributed by atoms with Gasteiger partial charge in [-0.2, -0.15) is 0 Å². The molecule has 378 valence electrons. The van der Waals surface area contributed by atoms with Crippen LogP contribution in [0.2, 0.25) is 0 Å². The molecule has 0 radical (unpaired) electrons. The van der Waals surface area contributed by atoms with Crippen LogP contribution >= 0.6 is 0 Å². The molecule has 1 aromatic heterocycles. The first-order chi connectivity index (χ1) is 37.5. The Kier molecular flexibility index (Phi) is 12.8. The van der Waals surface area contributed by atoms with Gasteiger partial charge in [0.05, 0.1) is 42.7 Å². The number of nitrogens with zero attached hydrogens (tertiary/aromatic N) is 2. The predicted molar refractivity (Wildman–Crippen MR) is 317 cm³/mol. The molecule has 6 heteroatoms. The van der Waals surface area contributed by atoms with Gasteiger partial charge in [-0.25, -0.2) is 0 Å². The third-order valence-corrected chi connectivity index (χ3v) is 15.5. The Hall–Kier alpha value is -9.13. The van der Waals surface area contributed by atoms with E-state index in [4.69, 9.17) is 14.2 Å². The Morgan fingerprint density at radius 2 is 0.883 bits per heavy atom. The van der Waals surface area contributed by atoms with E-state index in [1.165, 1.54) is 27.8 Å². The van der Waals surface area contributed by atoms with Crippen LogP contribution in [0.5, 0.6) is 17.2 Å². The summed E-state index contributed by atoms with van der Waals surface area (Å²) >= 11 is 0. The summed E-state index contributed by atoms with van der Waals surface area (Å²) in [5.41, 5.74) is 20.4. The van der Waals surface area contributed by atoms with Crippen LogP contribution in [0.25, 0.3) is 60.9 Å². The van der Waals surface area contributed by atoms with E-state index in [2.05, 4.69) is 220 Å². The standard InChI is InChI=1S/C71H60N2O4/c1-46-41-56(75-6)31-36-60(46)52-25-34-62-63-35-26-53(61-38-33-58(43-48(61)3)77-40-14-39-76-57-32-37-59(47(2)42-57)49-15-8-7-9-16-49)45-69(63)73(68(62)44-52)55-29-23-51(24-30-55)70(74)50-21-27-54(28-22-50)72-66-19-12-10-17-64(66)71(4,5)65-18-11-13-20-67(65)72/h7-13,15-38,41-45H,14,39-40H2,1-6H3. The molecule has 0 aliphatic carbocycles. The van der Waals surface area contributed by atoms with Crippen LogP contribution in [0.4, 0.5) is 17.1 Å². The van der Waals surface area contributed by atoms with Crippen molar-refractivity contribution in [3.05, 3.63) is 257 Å². The third kappa shape index (κ3) is 9.10. The molecule has 0 atom stereocenters. The fraction of sp³-hybridized carbons (Fsp3) is 0.141. The molecule has 0 spiro atoms.